The number of amides is 1. The van der Waals surface area contributed by atoms with Crippen LogP contribution in [0.15, 0.2) is 23.8 Å². The molecule has 0 saturated heterocycles. The third-order valence-corrected chi connectivity index (χ3v) is 4.59. The summed E-state index contributed by atoms with van der Waals surface area (Å²) in [7, 11) is 0. The normalized spacial score (nSPS) is 10.8. The van der Waals surface area contributed by atoms with Crippen molar-refractivity contribution in [3.63, 3.8) is 0 Å². The molecule has 3 rings (SSSR count). The first-order valence-corrected chi connectivity index (χ1v) is 8.53. The second kappa shape index (κ2) is 7.39. The average molecular weight is 359 g/mol. The van der Waals surface area contributed by atoms with Crippen molar-refractivity contribution < 1.29 is 14.3 Å². The predicted molar refractivity (Wildman–Crippen MR) is 91.1 cm³/mol. The average Bonchev–Trinajstić information content (AvgIpc) is 3.26. The fourth-order valence-corrected chi connectivity index (χ4v) is 3.05. The number of esters is 1. The Morgan fingerprint density at radius 2 is 2.20 bits per heavy atom. The number of carbonyl (C=O) groups is 2. The van der Waals surface area contributed by atoms with Crippen molar-refractivity contribution >= 4 is 29.0 Å². The summed E-state index contributed by atoms with van der Waals surface area (Å²) < 4.78 is 6.63. The van der Waals surface area contributed by atoms with Gasteiger partial charge in [-0.05, 0) is 25.3 Å². The van der Waals surface area contributed by atoms with E-state index in [4.69, 9.17) is 4.74 Å². The highest BCUT2D eigenvalue weighted by Gasteiger charge is 2.16. The summed E-state index contributed by atoms with van der Waals surface area (Å²) in [5.74, 6) is -0.334. The summed E-state index contributed by atoms with van der Waals surface area (Å²) in [5.41, 5.74) is 2.19. The van der Waals surface area contributed by atoms with Gasteiger partial charge in [-0.1, -0.05) is 6.07 Å². The predicted octanol–water partition coefficient (Wildman–Crippen LogP) is 1.20. The van der Waals surface area contributed by atoms with E-state index in [0.29, 0.717) is 18.0 Å². The van der Waals surface area contributed by atoms with Crippen LogP contribution in [0.2, 0.25) is 0 Å². The van der Waals surface area contributed by atoms with Crippen LogP contribution in [-0.4, -0.2) is 38.1 Å². The third kappa shape index (κ3) is 4.00. The zero-order valence-corrected chi connectivity index (χ0v) is 14.7. The van der Waals surface area contributed by atoms with E-state index < -0.39 is 5.97 Å². The molecule has 0 fully saturated rings. The number of carbonyl (C=O) groups excluding carboxylic acids is 2. The minimum atomic E-state index is -0.487. The lowest BCUT2D eigenvalue weighted by atomic mass is 10.1. The Kier molecular flexibility index (Phi) is 5.03. The van der Waals surface area contributed by atoms with Crippen molar-refractivity contribution in [1.82, 2.24) is 24.9 Å². The van der Waals surface area contributed by atoms with Gasteiger partial charge in [0.15, 0.2) is 6.61 Å². The van der Waals surface area contributed by atoms with Crippen LogP contribution in [0.25, 0.3) is 5.78 Å². The van der Waals surface area contributed by atoms with Crippen molar-refractivity contribution in [3.8, 4) is 0 Å². The van der Waals surface area contributed by atoms with E-state index in [1.165, 1.54) is 6.33 Å². The molecular weight excluding hydrogens is 342 g/mol. The molecule has 1 N–H and O–H groups in total. The SMILES string of the molecule is Cc1nc2ncnn2c(C)c1CC(=O)OCC(=O)NCc1cccs1. The van der Waals surface area contributed by atoms with Crippen LogP contribution in [0.1, 0.15) is 21.8 Å². The van der Waals surface area contributed by atoms with E-state index in [0.717, 1.165) is 16.1 Å². The molecule has 8 nitrogen and oxygen atoms in total. The molecule has 0 radical (unpaired) electrons. The molecule has 0 bridgehead atoms. The first-order valence-electron chi connectivity index (χ1n) is 7.65. The van der Waals surface area contributed by atoms with Gasteiger partial charge in [-0.15, -0.1) is 11.3 Å². The van der Waals surface area contributed by atoms with Gasteiger partial charge in [0, 0.05) is 21.8 Å². The Bertz CT molecular complexity index is 904. The number of fused-ring (bicyclic) bond motifs is 1. The van der Waals surface area contributed by atoms with Crippen LogP contribution >= 0.6 is 11.3 Å². The molecule has 0 unspecified atom stereocenters. The number of nitrogens with zero attached hydrogens (tertiary/aromatic N) is 4. The Balaban J connectivity index is 1.55. The molecule has 0 aliphatic heterocycles. The maximum Gasteiger partial charge on any atom is 0.310 e. The van der Waals surface area contributed by atoms with Gasteiger partial charge in [-0.3, -0.25) is 9.59 Å². The van der Waals surface area contributed by atoms with Gasteiger partial charge in [0.05, 0.1) is 13.0 Å². The van der Waals surface area contributed by atoms with Crippen LogP contribution in [0.4, 0.5) is 0 Å². The Morgan fingerprint density at radius 1 is 1.36 bits per heavy atom. The molecule has 3 aromatic heterocycles. The zero-order valence-electron chi connectivity index (χ0n) is 13.9. The van der Waals surface area contributed by atoms with Gasteiger partial charge in [0.1, 0.15) is 6.33 Å². The van der Waals surface area contributed by atoms with Crippen LogP contribution in [-0.2, 0) is 27.3 Å². The number of hydrogen-bond acceptors (Lipinski definition) is 7. The first kappa shape index (κ1) is 17.0. The van der Waals surface area contributed by atoms with E-state index in [1.807, 2.05) is 24.4 Å². The number of nitrogens with one attached hydrogen (secondary N) is 1. The highest BCUT2D eigenvalue weighted by molar-refractivity contribution is 7.09. The molecule has 0 atom stereocenters. The molecular formula is C16H17N5O3S. The summed E-state index contributed by atoms with van der Waals surface area (Å²) >= 11 is 1.55. The molecule has 0 aliphatic rings. The molecule has 0 aromatic carbocycles. The number of thiophene rings is 1. The summed E-state index contributed by atoms with van der Waals surface area (Å²) in [6.45, 7) is 3.77. The van der Waals surface area contributed by atoms with E-state index in [2.05, 4.69) is 20.4 Å². The second-order valence-electron chi connectivity index (χ2n) is 5.43. The Hall–Kier alpha value is -2.81. The summed E-state index contributed by atoms with van der Waals surface area (Å²) in [4.78, 5) is 33.2. The molecule has 9 heteroatoms. The van der Waals surface area contributed by atoms with E-state index in [-0.39, 0.29) is 18.9 Å². The highest BCUT2D eigenvalue weighted by atomic mass is 32.1. The smallest absolute Gasteiger partial charge is 0.310 e. The summed E-state index contributed by atoms with van der Waals surface area (Å²) in [5, 5.41) is 8.72. The number of aromatic nitrogens is 4. The fraction of sp³-hybridized carbons (Fsp3) is 0.312. The van der Waals surface area contributed by atoms with Crippen LogP contribution in [0.5, 0.6) is 0 Å². The standard InChI is InChI=1S/C16H17N5O3S/c1-10-13(11(2)21-16(20-10)18-9-19-21)6-15(23)24-8-14(22)17-7-12-4-3-5-25-12/h3-5,9H,6-8H2,1-2H3,(H,17,22). The van der Waals surface area contributed by atoms with Crippen LogP contribution in [0.3, 0.4) is 0 Å². The van der Waals surface area contributed by atoms with Gasteiger partial charge in [-0.2, -0.15) is 10.1 Å². The van der Waals surface area contributed by atoms with Crippen molar-refractivity contribution in [2.75, 3.05) is 6.61 Å². The number of ether oxygens (including phenoxy) is 1. The number of hydrogen-bond donors (Lipinski definition) is 1. The third-order valence-electron chi connectivity index (χ3n) is 3.71. The quantitative estimate of drug-likeness (QED) is 0.664. The van der Waals surface area contributed by atoms with E-state index in [9.17, 15) is 9.59 Å². The monoisotopic (exact) mass is 359 g/mol. The van der Waals surface area contributed by atoms with Gasteiger partial charge in [0.25, 0.3) is 11.7 Å². The molecule has 3 heterocycles. The summed E-state index contributed by atoms with van der Waals surface area (Å²) in [6.07, 6.45) is 1.44. The van der Waals surface area contributed by atoms with Gasteiger partial charge in [-0.25, -0.2) is 9.50 Å². The molecule has 0 spiro atoms. The fourth-order valence-electron chi connectivity index (χ4n) is 2.40. The maximum atomic E-state index is 12.1. The molecule has 25 heavy (non-hydrogen) atoms. The van der Waals surface area contributed by atoms with Crippen molar-refractivity contribution in [2.45, 2.75) is 26.8 Å². The summed E-state index contributed by atoms with van der Waals surface area (Å²) in [6, 6.07) is 3.84. The zero-order chi connectivity index (χ0) is 17.8. The number of aryl methyl sites for hydroxylation is 2. The topological polar surface area (TPSA) is 98.5 Å². The van der Waals surface area contributed by atoms with Crippen LogP contribution in [0, 0.1) is 13.8 Å². The largest absolute Gasteiger partial charge is 0.455 e. The van der Waals surface area contributed by atoms with E-state index >= 15 is 0 Å². The molecule has 0 saturated carbocycles. The second-order valence-corrected chi connectivity index (χ2v) is 6.46. The molecule has 3 aromatic rings. The molecule has 130 valence electrons. The molecule has 1 amide bonds. The van der Waals surface area contributed by atoms with E-state index in [1.54, 1.807) is 22.8 Å². The van der Waals surface area contributed by atoms with Crippen molar-refractivity contribution in [3.05, 3.63) is 45.7 Å². The lowest BCUT2D eigenvalue weighted by molar-refractivity contribution is -0.147. The first-order chi connectivity index (χ1) is 12.0. The van der Waals surface area contributed by atoms with Crippen molar-refractivity contribution in [2.24, 2.45) is 0 Å². The minimum absolute atomic E-state index is 0.0265. The highest BCUT2D eigenvalue weighted by Crippen LogP contribution is 2.14. The Morgan fingerprint density at radius 3 is 2.96 bits per heavy atom. The van der Waals surface area contributed by atoms with Gasteiger partial charge in [0.2, 0.25) is 0 Å². The Labute approximate surface area is 147 Å². The molecule has 0 aliphatic carbocycles. The van der Waals surface area contributed by atoms with Gasteiger partial charge < -0.3 is 10.1 Å². The minimum Gasteiger partial charge on any atom is -0.455 e. The lowest BCUT2D eigenvalue weighted by Gasteiger charge is -2.10. The van der Waals surface area contributed by atoms with Crippen molar-refractivity contribution in [1.29, 1.82) is 0 Å². The lowest BCUT2D eigenvalue weighted by Crippen LogP contribution is -2.28. The maximum absolute atomic E-state index is 12.1. The van der Waals surface area contributed by atoms with Gasteiger partial charge >= 0.3 is 5.97 Å². The number of rotatable bonds is 6. The van der Waals surface area contributed by atoms with Crippen LogP contribution < -0.4 is 5.32 Å².